The molecule has 0 bridgehead atoms. The third kappa shape index (κ3) is 3.53. The molecule has 0 radical (unpaired) electrons. The lowest BCUT2D eigenvalue weighted by molar-refractivity contribution is -0.180. The second-order valence-corrected chi connectivity index (χ2v) is 6.74. The predicted molar refractivity (Wildman–Crippen MR) is 102 cm³/mol. The van der Waals surface area contributed by atoms with Gasteiger partial charge in [0.05, 0.1) is 26.5 Å². The first-order valence-corrected chi connectivity index (χ1v) is 8.58. The maximum absolute atomic E-state index is 6.01. The van der Waals surface area contributed by atoms with Gasteiger partial charge in [-0.1, -0.05) is 18.2 Å². The van der Waals surface area contributed by atoms with Crippen LogP contribution in [0.3, 0.4) is 0 Å². The summed E-state index contributed by atoms with van der Waals surface area (Å²) >= 11 is 0. The van der Waals surface area contributed by atoms with Gasteiger partial charge in [-0.05, 0) is 31.5 Å². The summed E-state index contributed by atoms with van der Waals surface area (Å²) in [5, 5.41) is 0. The molecular weight excluding hydrogens is 330 g/mol. The Labute approximate surface area is 154 Å². The molecule has 1 aliphatic rings. The molecule has 0 amide bonds. The SMILES string of the molecule is COc1ccc(/C=C/c2c(C)nc(C)c3c2COC(C)(C)O3)cc1OC. The standard InChI is InChI=1S/C21H25NO4/c1-13-16(9-7-15-8-10-18(23-5)19(11-15)24-6)17-12-25-21(3,4)26-20(17)14(2)22-13/h7-11H,12H2,1-6H3/b9-7+. The van der Waals surface area contributed by atoms with Crippen molar-refractivity contribution in [2.75, 3.05) is 14.2 Å². The topological polar surface area (TPSA) is 49.8 Å². The third-order valence-electron chi connectivity index (χ3n) is 4.42. The van der Waals surface area contributed by atoms with E-state index in [0.29, 0.717) is 18.1 Å². The van der Waals surface area contributed by atoms with Crippen molar-refractivity contribution in [3.8, 4) is 17.2 Å². The highest BCUT2D eigenvalue weighted by atomic mass is 16.7. The van der Waals surface area contributed by atoms with Gasteiger partial charge in [0.15, 0.2) is 11.5 Å². The summed E-state index contributed by atoms with van der Waals surface area (Å²) in [4.78, 5) is 4.65. The van der Waals surface area contributed by atoms with Gasteiger partial charge in [0.1, 0.15) is 5.75 Å². The number of pyridine rings is 1. The smallest absolute Gasteiger partial charge is 0.205 e. The molecule has 1 aliphatic heterocycles. The summed E-state index contributed by atoms with van der Waals surface area (Å²) in [5.74, 6) is 1.58. The lowest BCUT2D eigenvalue weighted by atomic mass is 10.0. The van der Waals surface area contributed by atoms with Crippen molar-refractivity contribution in [3.63, 3.8) is 0 Å². The molecule has 3 rings (SSSR count). The van der Waals surface area contributed by atoms with Gasteiger partial charge in [0.25, 0.3) is 0 Å². The van der Waals surface area contributed by atoms with Gasteiger partial charge in [0.2, 0.25) is 5.79 Å². The molecule has 138 valence electrons. The average molecular weight is 355 g/mol. The maximum Gasteiger partial charge on any atom is 0.205 e. The maximum atomic E-state index is 6.01. The number of aryl methyl sites for hydroxylation is 2. The Morgan fingerprint density at radius 3 is 2.46 bits per heavy atom. The molecule has 0 atom stereocenters. The van der Waals surface area contributed by atoms with Gasteiger partial charge in [0, 0.05) is 30.7 Å². The third-order valence-corrected chi connectivity index (χ3v) is 4.42. The number of rotatable bonds is 4. The second-order valence-electron chi connectivity index (χ2n) is 6.74. The van der Waals surface area contributed by atoms with E-state index < -0.39 is 5.79 Å². The summed E-state index contributed by atoms with van der Waals surface area (Å²) in [6.45, 7) is 8.29. The van der Waals surface area contributed by atoms with Crippen molar-refractivity contribution in [2.24, 2.45) is 0 Å². The fraction of sp³-hybridized carbons (Fsp3) is 0.381. The monoisotopic (exact) mass is 355 g/mol. The van der Waals surface area contributed by atoms with Crippen LogP contribution in [-0.2, 0) is 11.3 Å². The molecule has 26 heavy (non-hydrogen) atoms. The zero-order chi connectivity index (χ0) is 18.9. The predicted octanol–water partition coefficient (Wildman–Crippen LogP) is 4.53. The number of ether oxygens (including phenoxy) is 4. The Kier molecular flexibility index (Phi) is 4.92. The highest BCUT2D eigenvalue weighted by molar-refractivity contribution is 5.74. The van der Waals surface area contributed by atoms with Gasteiger partial charge in [-0.2, -0.15) is 0 Å². The fourth-order valence-corrected chi connectivity index (χ4v) is 3.08. The van der Waals surface area contributed by atoms with Gasteiger partial charge in [-0.3, -0.25) is 4.98 Å². The Morgan fingerprint density at radius 2 is 1.77 bits per heavy atom. The Balaban J connectivity index is 1.99. The van der Waals surface area contributed by atoms with Crippen molar-refractivity contribution >= 4 is 12.2 Å². The zero-order valence-electron chi connectivity index (χ0n) is 16.2. The molecule has 0 spiro atoms. The van der Waals surface area contributed by atoms with Crippen LogP contribution in [0.15, 0.2) is 18.2 Å². The lowest BCUT2D eigenvalue weighted by Gasteiger charge is -2.34. The highest BCUT2D eigenvalue weighted by Gasteiger charge is 2.30. The first-order valence-electron chi connectivity index (χ1n) is 8.58. The van der Waals surface area contributed by atoms with Crippen molar-refractivity contribution < 1.29 is 18.9 Å². The minimum atomic E-state index is -0.640. The molecule has 0 saturated carbocycles. The van der Waals surface area contributed by atoms with Crippen LogP contribution in [0.2, 0.25) is 0 Å². The van der Waals surface area contributed by atoms with Crippen LogP contribution in [0, 0.1) is 13.8 Å². The van der Waals surface area contributed by atoms with E-state index in [4.69, 9.17) is 18.9 Å². The number of hydrogen-bond acceptors (Lipinski definition) is 5. The van der Waals surface area contributed by atoms with Gasteiger partial charge >= 0.3 is 0 Å². The summed E-state index contributed by atoms with van der Waals surface area (Å²) in [7, 11) is 3.26. The second kappa shape index (κ2) is 7.00. The summed E-state index contributed by atoms with van der Waals surface area (Å²) < 4.78 is 22.5. The summed E-state index contributed by atoms with van der Waals surface area (Å²) in [5.41, 5.74) is 4.90. The van der Waals surface area contributed by atoms with E-state index in [1.807, 2.05) is 58.0 Å². The number of fused-ring (bicyclic) bond motifs is 1. The van der Waals surface area contributed by atoms with E-state index in [0.717, 1.165) is 33.8 Å². The van der Waals surface area contributed by atoms with E-state index in [1.165, 1.54) is 0 Å². The number of hydrogen-bond donors (Lipinski definition) is 0. The molecule has 0 aliphatic carbocycles. The van der Waals surface area contributed by atoms with Crippen LogP contribution in [-0.4, -0.2) is 25.0 Å². The molecule has 5 heteroatoms. The van der Waals surface area contributed by atoms with E-state index in [1.54, 1.807) is 14.2 Å². The molecular formula is C21H25NO4. The molecule has 2 aromatic rings. The molecule has 0 N–H and O–H groups in total. The number of methoxy groups -OCH3 is 2. The first kappa shape index (κ1) is 18.3. The number of nitrogens with zero attached hydrogens (tertiary/aromatic N) is 1. The Bertz CT molecular complexity index is 856. The van der Waals surface area contributed by atoms with Gasteiger partial charge < -0.3 is 18.9 Å². The molecule has 0 saturated heterocycles. The van der Waals surface area contributed by atoms with Crippen molar-refractivity contribution in [1.82, 2.24) is 4.98 Å². The molecule has 0 unspecified atom stereocenters. The minimum absolute atomic E-state index is 0.498. The van der Waals surface area contributed by atoms with Crippen molar-refractivity contribution in [3.05, 3.63) is 46.3 Å². The Hall–Kier alpha value is -2.53. The van der Waals surface area contributed by atoms with E-state index >= 15 is 0 Å². The fourth-order valence-electron chi connectivity index (χ4n) is 3.08. The van der Waals surface area contributed by atoms with Crippen LogP contribution in [0.5, 0.6) is 17.2 Å². The van der Waals surface area contributed by atoms with Crippen LogP contribution in [0.1, 0.15) is 41.9 Å². The number of benzene rings is 1. The largest absolute Gasteiger partial charge is 0.493 e. The summed E-state index contributed by atoms with van der Waals surface area (Å²) in [6.07, 6.45) is 4.08. The van der Waals surface area contributed by atoms with Gasteiger partial charge in [-0.15, -0.1) is 0 Å². The van der Waals surface area contributed by atoms with Crippen LogP contribution < -0.4 is 14.2 Å². The first-order chi connectivity index (χ1) is 12.3. The van der Waals surface area contributed by atoms with E-state index in [-0.39, 0.29) is 0 Å². The molecule has 5 nitrogen and oxygen atoms in total. The lowest BCUT2D eigenvalue weighted by Crippen LogP contribution is -2.36. The molecule has 0 fully saturated rings. The number of aromatic nitrogens is 1. The van der Waals surface area contributed by atoms with E-state index in [2.05, 4.69) is 4.98 Å². The van der Waals surface area contributed by atoms with Gasteiger partial charge in [-0.25, -0.2) is 0 Å². The van der Waals surface area contributed by atoms with Crippen LogP contribution in [0.25, 0.3) is 12.2 Å². The molecule has 1 aromatic carbocycles. The summed E-state index contributed by atoms with van der Waals surface area (Å²) in [6, 6.07) is 5.81. The molecule has 1 aromatic heterocycles. The quantitative estimate of drug-likeness (QED) is 0.806. The Morgan fingerprint density at radius 1 is 1.04 bits per heavy atom. The molecule has 2 heterocycles. The average Bonchev–Trinajstić information content (AvgIpc) is 2.61. The van der Waals surface area contributed by atoms with Crippen LogP contribution >= 0.6 is 0 Å². The van der Waals surface area contributed by atoms with Crippen LogP contribution in [0.4, 0.5) is 0 Å². The van der Waals surface area contributed by atoms with E-state index in [9.17, 15) is 0 Å². The zero-order valence-corrected chi connectivity index (χ0v) is 16.2. The van der Waals surface area contributed by atoms with Crippen molar-refractivity contribution in [2.45, 2.75) is 40.1 Å². The minimum Gasteiger partial charge on any atom is -0.493 e. The highest BCUT2D eigenvalue weighted by Crippen LogP contribution is 2.37. The van der Waals surface area contributed by atoms with Crippen molar-refractivity contribution in [1.29, 1.82) is 0 Å². The normalized spacial score (nSPS) is 15.5.